The molecule has 0 aliphatic rings. The van der Waals surface area contributed by atoms with E-state index in [-0.39, 0.29) is 0 Å². The Bertz CT molecular complexity index is 102. The van der Waals surface area contributed by atoms with Crippen molar-refractivity contribution in [3.05, 3.63) is 0 Å². The third kappa shape index (κ3) is 4.94. The number of rotatable bonds is 5. The molecule has 0 aromatic rings. The quantitative estimate of drug-likeness (QED) is 0.649. The maximum absolute atomic E-state index is 10.7. The number of nitrogens with two attached hydrogens (primary N) is 1. The molecule has 0 saturated heterocycles. The molecule has 62 valence electrons. The topological polar surface area (TPSA) is 43.1 Å². The Morgan fingerprint density at radius 1 is 1.60 bits per heavy atom. The highest BCUT2D eigenvalue weighted by Crippen LogP contribution is 2.05. The predicted octanol–water partition coefficient (Wildman–Crippen LogP) is 0.740. The van der Waals surface area contributed by atoms with Gasteiger partial charge in [-0.15, -0.1) is 0 Å². The summed E-state index contributed by atoms with van der Waals surface area (Å²) >= 11 is 0. The van der Waals surface area contributed by atoms with Gasteiger partial charge < -0.3 is 5.73 Å². The second-order valence-corrected chi connectivity index (χ2v) is 4.13. The van der Waals surface area contributed by atoms with Crippen LogP contribution in [-0.2, 0) is 10.8 Å². The third-order valence-electron chi connectivity index (χ3n) is 1.72. The summed E-state index contributed by atoms with van der Waals surface area (Å²) in [4.78, 5) is 0. The Morgan fingerprint density at radius 3 is 2.50 bits per heavy atom. The van der Waals surface area contributed by atoms with Gasteiger partial charge in [-0.05, 0) is 18.9 Å². The standard InChI is InChI=1S/C7H17NOS/c1-3-7(6-8)4-5-10(2)9/h7H,3-6,8H2,1-2H3. The summed E-state index contributed by atoms with van der Waals surface area (Å²) in [5.74, 6) is 1.37. The van der Waals surface area contributed by atoms with Gasteiger partial charge in [-0.1, -0.05) is 13.3 Å². The molecule has 0 aromatic heterocycles. The number of hydrogen-bond acceptors (Lipinski definition) is 2. The molecule has 0 saturated carbocycles. The maximum Gasteiger partial charge on any atom is 0.0235 e. The van der Waals surface area contributed by atoms with Gasteiger partial charge in [0.2, 0.25) is 0 Å². The van der Waals surface area contributed by atoms with Crippen molar-refractivity contribution in [2.75, 3.05) is 18.6 Å². The Balaban J connectivity index is 3.34. The lowest BCUT2D eigenvalue weighted by Crippen LogP contribution is -2.15. The minimum atomic E-state index is -0.645. The average Bonchev–Trinajstić information content (AvgIpc) is 1.90. The van der Waals surface area contributed by atoms with Gasteiger partial charge in [-0.2, -0.15) is 0 Å². The van der Waals surface area contributed by atoms with E-state index in [2.05, 4.69) is 6.92 Å². The van der Waals surface area contributed by atoms with Crippen LogP contribution in [0.25, 0.3) is 0 Å². The highest BCUT2D eigenvalue weighted by Gasteiger charge is 2.03. The first-order chi connectivity index (χ1) is 4.70. The van der Waals surface area contributed by atoms with Gasteiger partial charge in [-0.3, -0.25) is 4.21 Å². The van der Waals surface area contributed by atoms with Crippen LogP contribution in [0.3, 0.4) is 0 Å². The molecule has 0 fully saturated rings. The molecule has 0 amide bonds. The van der Waals surface area contributed by atoms with E-state index in [1.165, 1.54) is 0 Å². The average molecular weight is 163 g/mol. The van der Waals surface area contributed by atoms with Crippen LogP contribution < -0.4 is 5.73 Å². The molecule has 10 heavy (non-hydrogen) atoms. The second-order valence-electron chi connectivity index (χ2n) is 2.58. The van der Waals surface area contributed by atoms with Crippen molar-refractivity contribution in [3.8, 4) is 0 Å². The summed E-state index contributed by atoms with van der Waals surface area (Å²) < 4.78 is 10.7. The first-order valence-electron chi connectivity index (χ1n) is 3.70. The molecular formula is C7H17NOS. The lowest BCUT2D eigenvalue weighted by atomic mass is 10.0. The van der Waals surface area contributed by atoms with E-state index in [0.29, 0.717) is 5.92 Å². The third-order valence-corrected chi connectivity index (χ3v) is 2.53. The van der Waals surface area contributed by atoms with Gasteiger partial charge in [0.15, 0.2) is 0 Å². The van der Waals surface area contributed by atoms with Crippen molar-refractivity contribution in [1.29, 1.82) is 0 Å². The number of hydrogen-bond donors (Lipinski definition) is 1. The second kappa shape index (κ2) is 5.86. The smallest absolute Gasteiger partial charge is 0.0235 e. The van der Waals surface area contributed by atoms with Crippen molar-refractivity contribution in [2.45, 2.75) is 19.8 Å². The summed E-state index contributed by atoms with van der Waals surface area (Å²) in [5.41, 5.74) is 5.47. The minimum absolute atomic E-state index is 0.573. The molecular weight excluding hydrogens is 146 g/mol. The first kappa shape index (κ1) is 10.1. The molecule has 2 N–H and O–H groups in total. The molecule has 0 spiro atoms. The zero-order chi connectivity index (χ0) is 7.98. The van der Waals surface area contributed by atoms with Crippen molar-refractivity contribution < 1.29 is 4.21 Å². The Kier molecular flexibility index (Phi) is 5.93. The van der Waals surface area contributed by atoms with Crippen LogP contribution in [0.1, 0.15) is 19.8 Å². The molecule has 0 aliphatic heterocycles. The fourth-order valence-electron chi connectivity index (χ4n) is 0.821. The van der Waals surface area contributed by atoms with Gasteiger partial charge in [0, 0.05) is 22.8 Å². The van der Waals surface area contributed by atoms with E-state index in [4.69, 9.17) is 5.73 Å². The SMILES string of the molecule is CCC(CN)CCS(C)=O. The van der Waals surface area contributed by atoms with Crippen LogP contribution in [0.4, 0.5) is 0 Å². The molecule has 0 heterocycles. The van der Waals surface area contributed by atoms with Crippen LogP contribution in [0.15, 0.2) is 0 Å². The zero-order valence-corrected chi connectivity index (χ0v) is 7.62. The zero-order valence-electron chi connectivity index (χ0n) is 6.80. The first-order valence-corrected chi connectivity index (χ1v) is 5.43. The lowest BCUT2D eigenvalue weighted by Gasteiger charge is -2.09. The van der Waals surface area contributed by atoms with Crippen LogP contribution in [0.5, 0.6) is 0 Å². The Hall–Kier alpha value is 0.110. The van der Waals surface area contributed by atoms with Gasteiger partial charge >= 0.3 is 0 Å². The minimum Gasteiger partial charge on any atom is -0.330 e. The lowest BCUT2D eigenvalue weighted by molar-refractivity contribution is 0.506. The van der Waals surface area contributed by atoms with Gasteiger partial charge in [0.1, 0.15) is 0 Å². The summed E-state index contributed by atoms with van der Waals surface area (Å²) in [6.07, 6.45) is 3.85. The molecule has 2 atom stereocenters. The van der Waals surface area contributed by atoms with Crippen LogP contribution in [-0.4, -0.2) is 22.8 Å². The fourth-order valence-corrected chi connectivity index (χ4v) is 1.49. The molecule has 2 unspecified atom stereocenters. The van der Waals surface area contributed by atoms with Crippen LogP contribution in [0.2, 0.25) is 0 Å². The van der Waals surface area contributed by atoms with Gasteiger partial charge in [0.25, 0.3) is 0 Å². The van der Waals surface area contributed by atoms with Crippen molar-refractivity contribution in [2.24, 2.45) is 11.7 Å². The van der Waals surface area contributed by atoms with E-state index < -0.39 is 10.8 Å². The summed E-state index contributed by atoms with van der Waals surface area (Å²) in [6.45, 7) is 2.85. The molecule has 0 rings (SSSR count). The normalized spacial score (nSPS) is 16.7. The molecule has 0 bridgehead atoms. The summed E-state index contributed by atoms with van der Waals surface area (Å²) in [5, 5.41) is 0. The van der Waals surface area contributed by atoms with Gasteiger partial charge in [0.05, 0.1) is 0 Å². The highest BCUT2D eigenvalue weighted by molar-refractivity contribution is 7.84. The molecule has 0 aromatic carbocycles. The van der Waals surface area contributed by atoms with E-state index >= 15 is 0 Å². The Morgan fingerprint density at radius 2 is 2.20 bits per heavy atom. The van der Waals surface area contributed by atoms with E-state index in [1.807, 2.05) is 0 Å². The van der Waals surface area contributed by atoms with Crippen molar-refractivity contribution in [3.63, 3.8) is 0 Å². The molecule has 3 heteroatoms. The Labute approximate surface area is 65.6 Å². The summed E-state index contributed by atoms with van der Waals surface area (Å²) in [7, 11) is -0.645. The molecule has 2 nitrogen and oxygen atoms in total. The van der Waals surface area contributed by atoms with Gasteiger partial charge in [-0.25, -0.2) is 0 Å². The highest BCUT2D eigenvalue weighted by atomic mass is 32.2. The van der Waals surface area contributed by atoms with E-state index in [0.717, 1.165) is 25.1 Å². The summed E-state index contributed by atoms with van der Waals surface area (Å²) in [6, 6.07) is 0. The van der Waals surface area contributed by atoms with E-state index in [9.17, 15) is 4.21 Å². The fraction of sp³-hybridized carbons (Fsp3) is 1.00. The maximum atomic E-state index is 10.7. The van der Waals surface area contributed by atoms with Crippen LogP contribution >= 0.6 is 0 Å². The molecule has 0 radical (unpaired) electrons. The van der Waals surface area contributed by atoms with Crippen molar-refractivity contribution in [1.82, 2.24) is 0 Å². The monoisotopic (exact) mass is 163 g/mol. The largest absolute Gasteiger partial charge is 0.330 e. The van der Waals surface area contributed by atoms with Crippen molar-refractivity contribution >= 4 is 10.8 Å². The molecule has 0 aliphatic carbocycles. The van der Waals surface area contributed by atoms with Crippen LogP contribution in [0, 0.1) is 5.92 Å². The van der Waals surface area contributed by atoms with E-state index in [1.54, 1.807) is 6.26 Å². The predicted molar refractivity (Wildman–Crippen MR) is 46.4 cm³/mol.